The standard InChI is InChI=1S/C20H25NO3S.ClH/c1-16-9-11-19(12-10-16)25(23,24)20(17-7-5-4-6-8-17)15-18(22)13-14-21(2)3;/h4-12,20H,13-15H2,1-3H3;1H. The maximum atomic E-state index is 13.2. The summed E-state index contributed by atoms with van der Waals surface area (Å²) in [7, 11) is 0.149. The van der Waals surface area contributed by atoms with Crippen LogP contribution in [0.3, 0.4) is 0 Å². The van der Waals surface area contributed by atoms with Gasteiger partial charge >= 0.3 is 0 Å². The van der Waals surface area contributed by atoms with E-state index in [2.05, 4.69) is 0 Å². The highest BCUT2D eigenvalue weighted by atomic mass is 35.5. The van der Waals surface area contributed by atoms with E-state index >= 15 is 0 Å². The van der Waals surface area contributed by atoms with Gasteiger partial charge in [-0.3, -0.25) is 4.79 Å². The number of ketones is 1. The van der Waals surface area contributed by atoms with Gasteiger partial charge in [0.2, 0.25) is 0 Å². The van der Waals surface area contributed by atoms with Crippen molar-refractivity contribution in [1.82, 2.24) is 4.90 Å². The molecule has 2 aromatic rings. The fourth-order valence-corrected chi connectivity index (χ4v) is 4.39. The Labute approximate surface area is 162 Å². The Kier molecular flexibility index (Phi) is 8.47. The molecular formula is C20H26ClNO3S. The van der Waals surface area contributed by atoms with E-state index in [0.29, 0.717) is 18.5 Å². The Morgan fingerprint density at radius 3 is 2.12 bits per heavy atom. The molecule has 0 aliphatic rings. The van der Waals surface area contributed by atoms with Gasteiger partial charge in [0.25, 0.3) is 0 Å². The lowest BCUT2D eigenvalue weighted by Crippen LogP contribution is -2.21. The van der Waals surface area contributed by atoms with E-state index in [4.69, 9.17) is 0 Å². The first-order valence-electron chi connectivity index (χ1n) is 8.32. The molecule has 0 bridgehead atoms. The van der Waals surface area contributed by atoms with Gasteiger partial charge in [-0.25, -0.2) is 8.42 Å². The number of aryl methyl sites for hydroxylation is 1. The number of nitrogens with zero attached hydrogens (tertiary/aromatic N) is 1. The van der Waals surface area contributed by atoms with Gasteiger partial charge in [-0.2, -0.15) is 0 Å². The summed E-state index contributed by atoms with van der Waals surface area (Å²) >= 11 is 0. The molecule has 0 saturated carbocycles. The van der Waals surface area contributed by atoms with Crippen LogP contribution < -0.4 is 0 Å². The molecule has 0 aliphatic carbocycles. The lowest BCUT2D eigenvalue weighted by molar-refractivity contribution is -0.119. The molecule has 2 rings (SSSR count). The fraction of sp³-hybridized carbons (Fsp3) is 0.350. The summed E-state index contributed by atoms with van der Waals surface area (Å²) in [5.74, 6) is -0.0433. The SMILES string of the molecule is Cc1ccc(S(=O)(=O)C(CC(=O)CCN(C)C)c2ccccc2)cc1.Cl. The summed E-state index contributed by atoms with van der Waals surface area (Å²) in [6.45, 7) is 2.53. The average Bonchev–Trinajstić information content (AvgIpc) is 2.59. The monoisotopic (exact) mass is 395 g/mol. The minimum absolute atomic E-state index is 0. The van der Waals surface area contributed by atoms with Crippen LogP contribution in [-0.2, 0) is 14.6 Å². The van der Waals surface area contributed by atoms with E-state index in [1.807, 2.05) is 32.0 Å². The summed E-state index contributed by atoms with van der Waals surface area (Å²) in [6, 6.07) is 15.8. The van der Waals surface area contributed by atoms with Crippen molar-refractivity contribution in [2.75, 3.05) is 20.6 Å². The second-order valence-electron chi connectivity index (χ2n) is 6.55. The molecule has 0 saturated heterocycles. The molecule has 0 spiro atoms. The zero-order chi connectivity index (χ0) is 18.4. The minimum atomic E-state index is -3.64. The second kappa shape index (κ2) is 9.86. The summed E-state index contributed by atoms with van der Waals surface area (Å²) in [6.07, 6.45) is 0.341. The van der Waals surface area contributed by atoms with Gasteiger partial charge in [0.05, 0.1) is 10.1 Å². The first kappa shape index (κ1) is 22.4. The smallest absolute Gasteiger partial charge is 0.185 e. The Bertz CT molecular complexity index is 803. The number of carbonyl (C=O) groups excluding carboxylic acids is 1. The molecule has 0 amide bonds. The molecule has 0 fully saturated rings. The molecule has 0 aromatic heterocycles. The van der Waals surface area contributed by atoms with Crippen molar-refractivity contribution in [1.29, 1.82) is 0 Å². The van der Waals surface area contributed by atoms with Gasteiger partial charge in [-0.15, -0.1) is 12.4 Å². The molecule has 6 heteroatoms. The normalized spacial score (nSPS) is 12.5. The number of sulfone groups is 1. The van der Waals surface area contributed by atoms with Crippen molar-refractivity contribution in [3.8, 4) is 0 Å². The van der Waals surface area contributed by atoms with Crippen molar-refractivity contribution < 1.29 is 13.2 Å². The van der Waals surface area contributed by atoms with E-state index in [1.165, 1.54) is 0 Å². The highest BCUT2D eigenvalue weighted by Gasteiger charge is 2.31. The highest BCUT2D eigenvalue weighted by Crippen LogP contribution is 2.32. The van der Waals surface area contributed by atoms with Gasteiger partial charge in [0, 0.05) is 19.4 Å². The zero-order valence-electron chi connectivity index (χ0n) is 15.4. The molecule has 2 aromatic carbocycles. The van der Waals surface area contributed by atoms with Gasteiger partial charge < -0.3 is 4.90 Å². The number of rotatable bonds is 8. The number of halogens is 1. The molecule has 26 heavy (non-hydrogen) atoms. The fourth-order valence-electron chi connectivity index (χ4n) is 2.62. The molecule has 0 radical (unpaired) electrons. The molecule has 0 aliphatic heterocycles. The van der Waals surface area contributed by atoms with Gasteiger partial charge in [0.1, 0.15) is 5.78 Å². The number of benzene rings is 2. The summed E-state index contributed by atoms with van der Waals surface area (Å²) in [5.41, 5.74) is 1.65. The van der Waals surface area contributed by atoms with E-state index in [0.717, 1.165) is 5.56 Å². The molecule has 1 atom stereocenters. The molecule has 142 valence electrons. The Hall–Kier alpha value is -1.69. The van der Waals surface area contributed by atoms with E-state index in [-0.39, 0.29) is 29.5 Å². The maximum Gasteiger partial charge on any atom is 0.185 e. The van der Waals surface area contributed by atoms with Crippen LogP contribution >= 0.6 is 12.4 Å². The van der Waals surface area contributed by atoms with Crippen LogP contribution in [0.5, 0.6) is 0 Å². The van der Waals surface area contributed by atoms with Crippen LogP contribution in [0.1, 0.15) is 29.2 Å². The predicted molar refractivity (Wildman–Crippen MR) is 108 cm³/mol. The summed E-state index contributed by atoms with van der Waals surface area (Å²) < 4.78 is 26.3. The van der Waals surface area contributed by atoms with Crippen molar-refractivity contribution in [2.24, 2.45) is 0 Å². The van der Waals surface area contributed by atoms with E-state index in [9.17, 15) is 13.2 Å². The first-order chi connectivity index (χ1) is 11.8. The Balaban J connectivity index is 0.00000338. The second-order valence-corrected chi connectivity index (χ2v) is 8.68. The average molecular weight is 396 g/mol. The topological polar surface area (TPSA) is 54.5 Å². The van der Waals surface area contributed by atoms with Crippen LogP contribution in [-0.4, -0.2) is 39.7 Å². The van der Waals surface area contributed by atoms with Gasteiger partial charge in [-0.05, 0) is 38.7 Å². The third-order valence-electron chi connectivity index (χ3n) is 4.15. The predicted octanol–water partition coefficient (Wildman–Crippen LogP) is 3.84. The van der Waals surface area contributed by atoms with E-state index < -0.39 is 15.1 Å². The van der Waals surface area contributed by atoms with Crippen molar-refractivity contribution in [2.45, 2.75) is 29.9 Å². The number of hydrogen-bond acceptors (Lipinski definition) is 4. The third-order valence-corrected chi connectivity index (χ3v) is 6.26. The van der Waals surface area contributed by atoms with Gasteiger partial charge in [-0.1, -0.05) is 48.0 Å². The number of hydrogen-bond donors (Lipinski definition) is 0. The molecular weight excluding hydrogens is 370 g/mol. The molecule has 4 nitrogen and oxygen atoms in total. The zero-order valence-corrected chi connectivity index (χ0v) is 17.0. The minimum Gasteiger partial charge on any atom is -0.309 e. The lowest BCUT2D eigenvalue weighted by Gasteiger charge is -2.18. The van der Waals surface area contributed by atoms with Crippen LogP contribution in [0.2, 0.25) is 0 Å². The first-order valence-corrected chi connectivity index (χ1v) is 9.87. The van der Waals surface area contributed by atoms with Crippen molar-refractivity contribution in [3.63, 3.8) is 0 Å². The number of Topliss-reactive ketones (excluding diaryl/α,β-unsaturated/α-hetero) is 1. The summed E-state index contributed by atoms with van der Waals surface area (Å²) in [4.78, 5) is 14.5. The largest absolute Gasteiger partial charge is 0.309 e. The Morgan fingerprint density at radius 2 is 1.58 bits per heavy atom. The van der Waals surface area contributed by atoms with Crippen LogP contribution in [0, 0.1) is 6.92 Å². The highest BCUT2D eigenvalue weighted by molar-refractivity contribution is 7.91. The third kappa shape index (κ3) is 5.94. The molecule has 0 heterocycles. The number of carbonyl (C=O) groups is 1. The van der Waals surface area contributed by atoms with E-state index in [1.54, 1.807) is 48.5 Å². The van der Waals surface area contributed by atoms with Crippen LogP contribution in [0.15, 0.2) is 59.5 Å². The van der Waals surface area contributed by atoms with Crippen LogP contribution in [0.25, 0.3) is 0 Å². The summed E-state index contributed by atoms with van der Waals surface area (Å²) in [5, 5.41) is -0.855. The Morgan fingerprint density at radius 1 is 1.00 bits per heavy atom. The quantitative estimate of drug-likeness (QED) is 0.681. The van der Waals surface area contributed by atoms with Crippen molar-refractivity contribution >= 4 is 28.0 Å². The maximum absolute atomic E-state index is 13.2. The van der Waals surface area contributed by atoms with Crippen molar-refractivity contribution in [3.05, 3.63) is 65.7 Å². The van der Waals surface area contributed by atoms with Crippen LogP contribution in [0.4, 0.5) is 0 Å². The molecule has 1 unspecified atom stereocenters. The lowest BCUT2D eigenvalue weighted by atomic mass is 10.1. The molecule has 0 N–H and O–H groups in total. The van der Waals surface area contributed by atoms with Gasteiger partial charge in [0.15, 0.2) is 9.84 Å².